The number of aryl methyl sites for hydroxylation is 2. The van der Waals surface area contributed by atoms with E-state index >= 15 is 0 Å². The van der Waals surface area contributed by atoms with E-state index in [-0.39, 0.29) is 24.6 Å². The largest absolute Gasteiger partial charge is 0.396 e. The molecule has 0 aliphatic heterocycles. The number of nitrogens with zero attached hydrogens (tertiary/aromatic N) is 1. The van der Waals surface area contributed by atoms with Crippen molar-refractivity contribution in [3.63, 3.8) is 0 Å². The molecule has 0 saturated heterocycles. The number of urea groups is 1. The summed E-state index contributed by atoms with van der Waals surface area (Å²) in [5.74, 6) is 2.17. The fourth-order valence-corrected chi connectivity index (χ4v) is 4.26. The van der Waals surface area contributed by atoms with Crippen molar-refractivity contribution in [3.05, 3.63) is 17.0 Å². The lowest BCUT2D eigenvalue weighted by Gasteiger charge is -2.30. The first-order valence-corrected chi connectivity index (χ1v) is 8.17. The van der Waals surface area contributed by atoms with Crippen LogP contribution in [0.4, 0.5) is 4.79 Å². The van der Waals surface area contributed by atoms with Gasteiger partial charge in [0.1, 0.15) is 5.76 Å². The van der Waals surface area contributed by atoms with Gasteiger partial charge in [0.25, 0.3) is 0 Å². The molecule has 0 radical (unpaired) electrons. The first-order valence-electron chi connectivity index (χ1n) is 8.17. The quantitative estimate of drug-likeness (QED) is 0.770. The summed E-state index contributed by atoms with van der Waals surface area (Å²) in [6.07, 6.45) is 4.23. The van der Waals surface area contributed by atoms with Gasteiger partial charge < -0.3 is 20.3 Å². The van der Waals surface area contributed by atoms with Crippen LogP contribution in [-0.2, 0) is 6.42 Å². The molecule has 2 fully saturated rings. The van der Waals surface area contributed by atoms with Crippen molar-refractivity contribution >= 4 is 6.03 Å². The van der Waals surface area contributed by atoms with Gasteiger partial charge in [-0.2, -0.15) is 0 Å². The maximum absolute atomic E-state index is 12.1. The molecule has 2 aliphatic carbocycles. The molecule has 2 amide bonds. The van der Waals surface area contributed by atoms with Crippen molar-refractivity contribution in [2.24, 2.45) is 17.8 Å². The molecule has 1 heterocycles. The number of carbonyl (C=O) groups excluding carboxylic acids is 1. The van der Waals surface area contributed by atoms with E-state index in [1.165, 1.54) is 12.8 Å². The standard InChI is InChI=1S/C16H25N3O3/c1-9-13(10(2)22-19-9)5-6-17-16(21)18-15-12-4-3-11(7-12)14(15)8-20/h11-12,14-15,20H,3-8H2,1-2H3,(H2,17,18,21). The number of carbonyl (C=O) groups is 1. The van der Waals surface area contributed by atoms with Gasteiger partial charge in [-0.25, -0.2) is 4.79 Å². The van der Waals surface area contributed by atoms with Gasteiger partial charge in [0.05, 0.1) is 5.69 Å². The summed E-state index contributed by atoms with van der Waals surface area (Å²) in [6.45, 7) is 4.52. The molecule has 1 aromatic rings. The zero-order chi connectivity index (χ0) is 15.7. The zero-order valence-corrected chi connectivity index (χ0v) is 13.3. The Morgan fingerprint density at radius 1 is 1.36 bits per heavy atom. The lowest BCUT2D eigenvalue weighted by Crippen LogP contribution is -2.49. The summed E-state index contributed by atoms with van der Waals surface area (Å²) in [5, 5.41) is 19.4. The smallest absolute Gasteiger partial charge is 0.315 e. The van der Waals surface area contributed by atoms with Gasteiger partial charge >= 0.3 is 6.03 Å². The predicted octanol–water partition coefficient (Wildman–Crippen LogP) is 1.54. The van der Waals surface area contributed by atoms with Gasteiger partial charge in [0, 0.05) is 30.7 Å². The van der Waals surface area contributed by atoms with E-state index in [1.54, 1.807) is 0 Å². The fraction of sp³-hybridized carbons (Fsp3) is 0.750. The summed E-state index contributed by atoms with van der Waals surface area (Å²) >= 11 is 0. The second kappa shape index (κ2) is 6.28. The zero-order valence-electron chi connectivity index (χ0n) is 13.3. The van der Waals surface area contributed by atoms with E-state index in [4.69, 9.17) is 4.52 Å². The Hall–Kier alpha value is -1.56. The van der Waals surface area contributed by atoms with Gasteiger partial charge in [-0.3, -0.25) is 0 Å². The average molecular weight is 307 g/mol. The van der Waals surface area contributed by atoms with E-state index in [0.717, 1.165) is 23.4 Å². The Labute approximate surface area is 130 Å². The van der Waals surface area contributed by atoms with Crippen molar-refractivity contribution in [1.29, 1.82) is 0 Å². The number of amides is 2. The molecule has 0 spiro atoms. The first-order chi connectivity index (χ1) is 10.6. The molecule has 6 heteroatoms. The summed E-state index contributed by atoms with van der Waals surface area (Å²) in [7, 11) is 0. The van der Waals surface area contributed by atoms with Crippen molar-refractivity contribution in [2.45, 2.75) is 45.6 Å². The third kappa shape index (κ3) is 2.84. The van der Waals surface area contributed by atoms with Crippen LogP contribution in [-0.4, -0.2) is 35.5 Å². The van der Waals surface area contributed by atoms with Crippen LogP contribution < -0.4 is 10.6 Å². The van der Waals surface area contributed by atoms with Crippen LogP contribution in [0.3, 0.4) is 0 Å². The molecular formula is C16H25N3O3. The maximum Gasteiger partial charge on any atom is 0.315 e. The second-order valence-corrected chi connectivity index (χ2v) is 6.66. The van der Waals surface area contributed by atoms with Crippen molar-refractivity contribution in [1.82, 2.24) is 15.8 Å². The predicted molar refractivity (Wildman–Crippen MR) is 81.4 cm³/mol. The summed E-state index contributed by atoms with van der Waals surface area (Å²) < 4.78 is 5.12. The lowest BCUT2D eigenvalue weighted by atomic mass is 9.85. The summed E-state index contributed by atoms with van der Waals surface area (Å²) in [4.78, 5) is 12.1. The molecule has 1 aromatic heterocycles. The third-order valence-electron chi connectivity index (χ3n) is 5.44. The fourth-order valence-electron chi connectivity index (χ4n) is 4.26. The number of hydrogen-bond acceptors (Lipinski definition) is 4. The van der Waals surface area contributed by atoms with Crippen LogP contribution >= 0.6 is 0 Å². The van der Waals surface area contributed by atoms with Crippen LogP contribution in [0.5, 0.6) is 0 Å². The SMILES string of the molecule is Cc1noc(C)c1CCNC(=O)NC1C2CCC(C2)C1CO. The van der Waals surface area contributed by atoms with Gasteiger partial charge in [0.15, 0.2) is 0 Å². The molecule has 2 bridgehead atoms. The van der Waals surface area contributed by atoms with E-state index in [1.807, 2.05) is 13.8 Å². The second-order valence-electron chi connectivity index (χ2n) is 6.66. The van der Waals surface area contributed by atoms with Gasteiger partial charge in [-0.05, 0) is 51.4 Å². The molecule has 3 N–H and O–H groups in total. The Kier molecular flexibility index (Phi) is 4.38. The Morgan fingerprint density at radius 2 is 2.14 bits per heavy atom. The molecule has 2 aliphatic rings. The van der Waals surface area contributed by atoms with E-state index in [2.05, 4.69) is 15.8 Å². The van der Waals surface area contributed by atoms with Crippen LogP contribution in [0.2, 0.25) is 0 Å². The van der Waals surface area contributed by atoms with E-state index in [9.17, 15) is 9.90 Å². The van der Waals surface area contributed by atoms with Crippen LogP contribution in [0.1, 0.15) is 36.3 Å². The molecule has 0 aromatic carbocycles. The normalized spacial score (nSPS) is 29.8. The Morgan fingerprint density at radius 3 is 2.82 bits per heavy atom. The number of aliphatic hydroxyl groups is 1. The number of aromatic nitrogens is 1. The van der Waals surface area contributed by atoms with Gasteiger partial charge in [-0.1, -0.05) is 5.16 Å². The monoisotopic (exact) mass is 307 g/mol. The van der Waals surface area contributed by atoms with Gasteiger partial charge in [0.2, 0.25) is 0 Å². The molecule has 4 unspecified atom stereocenters. The van der Waals surface area contributed by atoms with Gasteiger partial charge in [-0.15, -0.1) is 0 Å². The summed E-state index contributed by atoms with van der Waals surface area (Å²) in [5.41, 5.74) is 1.95. The minimum atomic E-state index is -0.136. The topological polar surface area (TPSA) is 87.4 Å². The number of rotatable bonds is 5. The number of hydrogen-bond donors (Lipinski definition) is 3. The lowest BCUT2D eigenvalue weighted by molar-refractivity contribution is 0.144. The average Bonchev–Trinajstić information content (AvgIpc) is 3.17. The van der Waals surface area contributed by atoms with E-state index < -0.39 is 0 Å². The maximum atomic E-state index is 12.1. The number of fused-ring (bicyclic) bond motifs is 2. The van der Waals surface area contributed by atoms with Crippen molar-refractivity contribution in [2.75, 3.05) is 13.2 Å². The molecular weight excluding hydrogens is 282 g/mol. The van der Waals surface area contributed by atoms with Crippen LogP contribution in [0, 0.1) is 31.6 Å². The third-order valence-corrected chi connectivity index (χ3v) is 5.44. The van der Waals surface area contributed by atoms with Crippen LogP contribution in [0.25, 0.3) is 0 Å². The van der Waals surface area contributed by atoms with Crippen molar-refractivity contribution in [3.8, 4) is 0 Å². The molecule has 4 atom stereocenters. The number of nitrogens with one attached hydrogen (secondary N) is 2. The molecule has 3 rings (SSSR count). The van der Waals surface area contributed by atoms with Crippen LogP contribution in [0.15, 0.2) is 4.52 Å². The number of aliphatic hydroxyl groups excluding tert-OH is 1. The van der Waals surface area contributed by atoms with E-state index in [0.29, 0.717) is 24.8 Å². The minimum absolute atomic E-state index is 0.128. The molecule has 2 saturated carbocycles. The first kappa shape index (κ1) is 15.3. The highest BCUT2D eigenvalue weighted by atomic mass is 16.5. The minimum Gasteiger partial charge on any atom is -0.396 e. The molecule has 122 valence electrons. The molecule has 6 nitrogen and oxygen atoms in total. The summed E-state index contributed by atoms with van der Waals surface area (Å²) in [6, 6.07) is -0.00873. The highest BCUT2D eigenvalue weighted by Gasteiger charge is 2.47. The Balaban J connectivity index is 1.47. The highest BCUT2D eigenvalue weighted by Crippen LogP contribution is 2.48. The molecule has 22 heavy (non-hydrogen) atoms. The van der Waals surface area contributed by atoms with Crippen molar-refractivity contribution < 1.29 is 14.4 Å². The Bertz CT molecular complexity index is 523. The highest BCUT2D eigenvalue weighted by molar-refractivity contribution is 5.74.